The van der Waals surface area contributed by atoms with Gasteiger partial charge in [0.1, 0.15) is 0 Å². The van der Waals surface area contributed by atoms with Gasteiger partial charge in [-0.3, -0.25) is 14.5 Å². The fourth-order valence-electron chi connectivity index (χ4n) is 5.97. The SMILES string of the molecule is COCC1CN(C2CCC2)CC12CCN(C(=O)C1CCN(C(C)=O)CC1)CC2. The van der Waals surface area contributed by atoms with Gasteiger partial charge in [-0.1, -0.05) is 6.42 Å². The Balaban J connectivity index is 1.33. The minimum Gasteiger partial charge on any atom is -0.384 e. The molecule has 0 radical (unpaired) electrons. The van der Waals surface area contributed by atoms with Crippen LogP contribution in [0, 0.1) is 17.3 Å². The van der Waals surface area contributed by atoms with Crippen LogP contribution in [-0.4, -0.2) is 85.5 Å². The maximum Gasteiger partial charge on any atom is 0.225 e. The van der Waals surface area contributed by atoms with Gasteiger partial charge in [0, 0.05) is 71.2 Å². The van der Waals surface area contributed by atoms with Gasteiger partial charge in [0.25, 0.3) is 0 Å². The topological polar surface area (TPSA) is 53.1 Å². The summed E-state index contributed by atoms with van der Waals surface area (Å²) >= 11 is 0. The molecule has 6 nitrogen and oxygen atoms in total. The maximum absolute atomic E-state index is 13.1. The van der Waals surface area contributed by atoms with Crippen LogP contribution in [0.25, 0.3) is 0 Å². The fraction of sp³-hybridized carbons (Fsp3) is 0.909. The first-order valence-corrected chi connectivity index (χ1v) is 11.3. The summed E-state index contributed by atoms with van der Waals surface area (Å²) in [6.07, 6.45) is 7.97. The third-order valence-electron chi connectivity index (χ3n) is 8.16. The maximum atomic E-state index is 13.1. The van der Waals surface area contributed by atoms with Crippen molar-refractivity contribution < 1.29 is 14.3 Å². The first-order chi connectivity index (χ1) is 13.5. The lowest BCUT2D eigenvalue weighted by molar-refractivity contribution is -0.142. The van der Waals surface area contributed by atoms with Gasteiger partial charge in [-0.15, -0.1) is 0 Å². The number of ether oxygens (including phenoxy) is 1. The molecule has 4 rings (SSSR count). The number of hydrogen-bond acceptors (Lipinski definition) is 4. The highest BCUT2D eigenvalue weighted by molar-refractivity contribution is 5.80. The number of carbonyl (C=O) groups is 2. The summed E-state index contributed by atoms with van der Waals surface area (Å²) in [7, 11) is 1.83. The molecule has 28 heavy (non-hydrogen) atoms. The van der Waals surface area contributed by atoms with Crippen molar-refractivity contribution >= 4 is 11.8 Å². The Kier molecular flexibility index (Phi) is 5.98. The molecule has 6 heteroatoms. The fourth-order valence-corrected chi connectivity index (χ4v) is 5.97. The van der Waals surface area contributed by atoms with Crippen LogP contribution in [0.1, 0.15) is 51.9 Å². The van der Waals surface area contributed by atoms with Crippen LogP contribution >= 0.6 is 0 Å². The van der Waals surface area contributed by atoms with E-state index in [0.29, 0.717) is 17.2 Å². The van der Waals surface area contributed by atoms with Crippen molar-refractivity contribution in [1.29, 1.82) is 0 Å². The van der Waals surface area contributed by atoms with E-state index in [9.17, 15) is 9.59 Å². The van der Waals surface area contributed by atoms with Gasteiger partial charge in [-0.25, -0.2) is 0 Å². The second-order valence-electron chi connectivity index (χ2n) is 9.63. The summed E-state index contributed by atoms with van der Waals surface area (Å²) in [5, 5.41) is 0. The lowest BCUT2D eigenvalue weighted by atomic mass is 9.71. The molecule has 0 aromatic heterocycles. The van der Waals surface area contributed by atoms with Crippen LogP contribution in [0.5, 0.6) is 0 Å². The first kappa shape index (κ1) is 20.1. The number of piperidine rings is 2. The van der Waals surface area contributed by atoms with Crippen LogP contribution in [-0.2, 0) is 14.3 Å². The van der Waals surface area contributed by atoms with E-state index in [2.05, 4.69) is 9.80 Å². The van der Waals surface area contributed by atoms with Crippen molar-refractivity contribution in [2.24, 2.45) is 17.3 Å². The molecule has 158 valence electrons. The van der Waals surface area contributed by atoms with Crippen LogP contribution in [0.15, 0.2) is 0 Å². The summed E-state index contributed by atoms with van der Waals surface area (Å²) in [6.45, 7) is 8.10. The summed E-state index contributed by atoms with van der Waals surface area (Å²) in [5.41, 5.74) is 0.334. The second kappa shape index (κ2) is 8.31. The van der Waals surface area contributed by atoms with Crippen LogP contribution in [0.4, 0.5) is 0 Å². The Labute approximate surface area is 169 Å². The van der Waals surface area contributed by atoms with E-state index in [1.807, 2.05) is 12.0 Å². The normalized spacial score (nSPS) is 29.3. The standard InChI is InChI=1S/C22H37N3O3/c1-17(26)23-10-6-18(7-11-23)21(27)24-12-8-22(9-13-24)16-25(20-4-3-5-20)14-19(22)15-28-2/h18-20H,3-16H2,1-2H3. The zero-order valence-electron chi connectivity index (χ0n) is 17.7. The summed E-state index contributed by atoms with van der Waals surface area (Å²) in [4.78, 5) is 31.3. The second-order valence-corrected chi connectivity index (χ2v) is 9.63. The highest BCUT2D eigenvalue weighted by Crippen LogP contribution is 2.47. The first-order valence-electron chi connectivity index (χ1n) is 11.3. The van der Waals surface area contributed by atoms with Crippen molar-refractivity contribution in [3.63, 3.8) is 0 Å². The Morgan fingerprint density at radius 2 is 1.68 bits per heavy atom. The van der Waals surface area contributed by atoms with Gasteiger partial charge in [0.15, 0.2) is 0 Å². The largest absolute Gasteiger partial charge is 0.384 e. The number of amides is 2. The molecule has 4 aliphatic rings. The Hall–Kier alpha value is -1.14. The molecule has 1 aliphatic carbocycles. The van der Waals surface area contributed by atoms with E-state index in [4.69, 9.17) is 4.74 Å². The van der Waals surface area contributed by atoms with Crippen LogP contribution < -0.4 is 0 Å². The highest BCUT2D eigenvalue weighted by atomic mass is 16.5. The Morgan fingerprint density at radius 3 is 2.21 bits per heavy atom. The molecule has 1 atom stereocenters. The van der Waals surface area contributed by atoms with E-state index in [1.165, 1.54) is 32.4 Å². The number of nitrogens with zero attached hydrogens (tertiary/aromatic N) is 3. The van der Waals surface area contributed by atoms with Crippen molar-refractivity contribution in [2.75, 3.05) is 53.0 Å². The average Bonchev–Trinajstić information content (AvgIpc) is 2.98. The number of hydrogen-bond donors (Lipinski definition) is 0. The highest BCUT2D eigenvalue weighted by Gasteiger charge is 2.50. The predicted molar refractivity (Wildman–Crippen MR) is 108 cm³/mol. The lowest BCUT2D eigenvalue weighted by Gasteiger charge is -2.44. The molecule has 1 saturated carbocycles. The van der Waals surface area contributed by atoms with Gasteiger partial charge in [-0.05, 0) is 43.9 Å². The van der Waals surface area contributed by atoms with E-state index >= 15 is 0 Å². The predicted octanol–water partition coefficient (Wildman–Crippen LogP) is 1.98. The zero-order chi connectivity index (χ0) is 19.7. The van der Waals surface area contributed by atoms with E-state index in [0.717, 1.165) is 64.5 Å². The van der Waals surface area contributed by atoms with Crippen molar-refractivity contribution in [3.05, 3.63) is 0 Å². The molecule has 3 aliphatic heterocycles. The zero-order valence-corrected chi connectivity index (χ0v) is 17.7. The Morgan fingerprint density at radius 1 is 1.00 bits per heavy atom. The molecule has 2 amide bonds. The average molecular weight is 392 g/mol. The van der Waals surface area contributed by atoms with Crippen LogP contribution in [0.2, 0.25) is 0 Å². The van der Waals surface area contributed by atoms with Gasteiger partial charge < -0.3 is 14.5 Å². The quantitative estimate of drug-likeness (QED) is 0.735. The molecule has 0 N–H and O–H groups in total. The van der Waals surface area contributed by atoms with Gasteiger partial charge in [0.05, 0.1) is 6.61 Å². The van der Waals surface area contributed by atoms with E-state index in [1.54, 1.807) is 6.92 Å². The van der Waals surface area contributed by atoms with E-state index in [-0.39, 0.29) is 11.8 Å². The minimum absolute atomic E-state index is 0.106. The van der Waals surface area contributed by atoms with Gasteiger partial charge in [0.2, 0.25) is 11.8 Å². The molecule has 3 heterocycles. The molecular formula is C22H37N3O3. The van der Waals surface area contributed by atoms with E-state index < -0.39 is 0 Å². The van der Waals surface area contributed by atoms with Crippen molar-refractivity contribution in [3.8, 4) is 0 Å². The van der Waals surface area contributed by atoms with Crippen molar-refractivity contribution in [2.45, 2.75) is 57.9 Å². The van der Waals surface area contributed by atoms with Gasteiger partial charge in [-0.2, -0.15) is 0 Å². The molecular weight excluding hydrogens is 354 g/mol. The third kappa shape index (κ3) is 3.82. The summed E-state index contributed by atoms with van der Waals surface area (Å²) in [6, 6.07) is 0.796. The number of methoxy groups -OCH3 is 1. The van der Waals surface area contributed by atoms with Crippen LogP contribution in [0.3, 0.4) is 0 Å². The molecule has 1 unspecified atom stereocenters. The number of rotatable bonds is 4. The number of carbonyl (C=O) groups excluding carboxylic acids is 2. The molecule has 0 bridgehead atoms. The lowest BCUT2D eigenvalue weighted by Crippen LogP contribution is -2.50. The molecule has 4 fully saturated rings. The molecule has 0 aromatic carbocycles. The molecule has 3 saturated heterocycles. The molecule has 1 spiro atoms. The molecule has 0 aromatic rings. The smallest absolute Gasteiger partial charge is 0.225 e. The van der Waals surface area contributed by atoms with Gasteiger partial charge >= 0.3 is 0 Å². The monoisotopic (exact) mass is 391 g/mol. The summed E-state index contributed by atoms with van der Waals surface area (Å²) in [5.74, 6) is 1.17. The third-order valence-corrected chi connectivity index (χ3v) is 8.16. The number of likely N-dealkylation sites (tertiary alicyclic amines) is 3. The Bertz CT molecular complexity index is 576. The minimum atomic E-state index is 0.106. The van der Waals surface area contributed by atoms with Crippen molar-refractivity contribution in [1.82, 2.24) is 14.7 Å². The summed E-state index contributed by atoms with van der Waals surface area (Å²) < 4.78 is 5.59.